The highest BCUT2D eigenvalue weighted by molar-refractivity contribution is 6.01. The lowest BCUT2D eigenvalue weighted by atomic mass is 9.86. The summed E-state index contributed by atoms with van der Waals surface area (Å²) in [7, 11) is 1.61. The number of nitrogens with zero attached hydrogens (tertiary/aromatic N) is 1. The van der Waals surface area contributed by atoms with E-state index in [1.54, 1.807) is 7.11 Å². The van der Waals surface area contributed by atoms with Crippen molar-refractivity contribution in [2.24, 2.45) is 0 Å². The normalized spacial score (nSPS) is 18.0. The molecule has 0 fully saturated rings. The number of carbonyl (C=O) groups excluding carboxylic acids is 2. The average Bonchev–Trinajstić information content (AvgIpc) is 3.40. The maximum absolute atomic E-state index is 15.1. The molecule has 0 spiro atoms. The molecular formula is C27H28FN3O5. The van der Waals surface area contributed by atoms with Crippen LogP contribution in [0.3, 0.4) is 0 Å². The van der Waals surface area contributed by atoms with Gasteiger partial charge in [0.2, 0.25) is 5.76 Å². The summed E-state index contributed by atoms with van der Waals surface area (Å²) in [5, 5.41) is 4.95. The highest BCUT2D eigenvalue weighted by atomic mass is 19.1. The highest BCUT2D eigenvalue weighted by Gasteiger charge is 2.38. The number of carbonyl (C=O) groups is 2. The van der Waals surface area contributed by atoms with Gasteiger partial charge in [0.25, 0.3) is 17.4 Å². The first-order chi connectivity index (χ1) is 17.2. The Morgan fingerprint density at radius 1 is 1.19 bits per heavy atom. The van der Waals surface area contributed by atoms with Crippen molar-refractivity contribution < 1.29 is 23.2 Å². The van der Waals surface area contributed by atoms with E-state index in [0.717, 1.165) is 35.6 Å². The number of H-pyrrole nitrogens is 1. The van der Waals surface area contributed by atoms with E-state index in [1.807, 2.05) is 38.1 Å². The maximum atomic E-state index is 15.1. The van der Waals surface area contributed by atoms with E-state index in [0.29, 0.717) is 29.8 Å². The lowest BCUT2D eigenvalue weighted by molar-refractivity contribution is -0.121. The summed E-state index contributed by atoms with van der Waals surface area (Å²) in [4.78, 5) is 39.9. The van der Waals surface area contributed by atoms with Gasteiger partial charge in [-0.1, -0.05) is 32.0 Å². The van der Waals surface area contributed by atoms with E-state index in [1.165, 1.54) is 11.0 Å². The molecule has 1 aromatic heterocycles. The van der Waals surface area contributed by atoms with Crippen LogP contribution < -0.4 is 10.9 Å². The summed E-state index contributed by atoms with van der Waals surface area (Å²) in [6.07, 6.45) is 2.08. The van der Waals surface area contributed by atoms with Gasteiger partial charge in [-0.2, -0.15) is 5.16 Å². The molecule has 0 radical (unpaired) electrons. The minimum Gasteiger partial charge on any atom is -0.380 e. The van der Waals surface area contributed by atoms with Crippen LogP contribution in [0, 0.1) is 5.82 Å². The molecule has 0 bridgehead atoms. The summed E-state index contributed by atoms with van der Waals surface area (Å²) in [6, 6.07) is 8.85. The van der Waals surface area contributed by atoms with Gasteiger partial charge in [0.15, 0.2) is 0 Å². The quantitative estimate of drug-likeness (QED) is 0.562. The molecule has 1 aliphatic heterocycles. The fraction of sp³-hybridized carbons (Fsp3) is 0.370. The van der Waals surface area contributed by atoms with Gasteiger partial charge < -0.3 is 19.5 Å². The largest absolute Gasteiger partial charge is 0.380 e. The Hall–Kier alpha value is -3.72. The Labute approximate surface area is 207 Å². The number of anilines is 1. The molecule has 2 aliphatic rings. The summed E-state index contributed by atoms with van der Waals surface area (Å²) in [6.45, 7) is 4.69. The van der Waals surface area contributed by atoms with Gasteiger partial charge in [-0.3, -0.25) is 14.4 Å². The van der Waals surface area contributed by atoms with Crippen LogP contribution in [0.5, 0.6) is 0 Å². The van der Waals surface area contributed by atoms with E-state index in [2.05, 4.69) is 10.5 Å². The fourth-order valence-corrected chi connectivity index (χ4v) is 5.44. The number of benzene rings is 2. The van der Waals surface area contributed by atoms with Crippen molar-refractivity contribution in [1.82, 2.24) is 10.1 Å². The van der Waals surface area contributed by atoms with E-state index < -0.39 is 23.4 Å². The van der Waals surface area contributed by atoms with Crippen molar-refractivity contribution >= 4 is 17.5 Å². The zero-order valence-electron chi connectivity index (χ0n) is 20.4. The van der Waals surface area contributed by atoms with E-state index in [-0.39, 0.29) is 23.5 Å². The van der Waals surface area contributed by atoms with Gasteiger partial charge in [-0.05, 0) is 64.6 Å². The number of rotatable bonds is 5. The molecule has 8 nitrogen and oxygen atoms in total. The van der Waals surface area contributed by atoms with Gasteiger partial charge >= 0.3 is 0 Å². The van der Waals surface area contributed by atoms with Crippen LogP contribution in [0.15, 0.2) is 45.7 Å². The number of nitrogens with one attached hydrogen (secondary N) is 2. The molecule has 5 rings (SSSR count). The van der Waals surface area contributed by atoms with Gasteiger partial charge in [-0.25, -0.2) is 4.39 Å². The van der Waals surface area contributed by atoms with Crippen LogP contribution in [0.4, 0.5) is 10.1 Å². The van der Waals surface area contributed by atoms with E-state index in [4.69, 9.17) is 9.26 Å². The van der Waals surface area contributed by atoms with Gasteiger partial charge in [0.1, 0.15) is 11.9 Å². The lowest BCUT2D eigenvalue weighted by Gasteiger charge is -2.36. The third-order valence-corrected chi connectivity index (χ3v) is 7.13. The van der Waals surface area contributed by atoms with Crippen LogP contribution in [0.1, 0.15) is 64.7 Å². The van der Waals surface area contributed by atoms with E-state index >= 15 is 4.39 Å². The minimum atomic E-state index is -0.995. The molecule has 0 saturated heterocycles. The first-order valence-corrected chi connectivity index (χ1v) is 11.9. The maximum Gasteiger partial charge on any atom is 0.293 e. The lowest BCUT2D eigenvalue weighted by Crippen LogP contribution is -2.45. The Bertz CT molecular complexity index is 1410. The SMILES string of the molecule is COCc1ccc2c(c1)CCN(C(=O)c1cc(=O)[nH]o1)C2C(=O)Nc1cc(F)c2c(c1)CCC2(C)C. The molecule has 3 aromatic rings. The number of hydrogen-bond acceptors (Lipinski definition) is 5. The number of hydrogen-bond donors (Lipinski definition) is 2. The number of aromatic nitrogens is 1. The number of halogens is 1. The Balaban J connectivity index is 1.51. The molecule has 1 aliphatic carbocycles. The predicted molar refractivity (Wildman–Crippen MR) is 130 cm³/mol. The molecule has 188 valence electrons. The highest BCUT2D eigenvalue weighted by Crippen LogP contribution is 2.41. The fourth-order valence-electron chi connectivity index (χ4n) is 5.44. The topological polar surface area (TPSA) is 105 Å². The van der Waals surface area contributed by atoms with Crippen molar-refractivity contribution in [3.8, 4) is 0 Å². The molecule has 1 atom stereocenters. The molecule has 0 saturated carbocycles. The second kappa shape index (κ2) is 9.05. The number of ether oxygens (including phenoxy) is 1. The van der Waals surface area contributed by atoms with E-state index in [9.17, 15) is 14.4 Å². The van der Waals surface area contributed by atoms with Crippen molar-refractivity contribution in [3.05, 3.63) is 86.1 Å². The average molecular weight is 494 g/mol. The molecule has 36 heavy (non-hydrogen) atoms. The first kappa shape index (κ1) is 24.0. The molecule has 1 unspecified atom stereocenters. The van der Waals surface area contributed by atoms with Crippen molar-refractivity contribution in [3.63, 3.8) is 0 Å². The predicted octanol–water partition coefficient (Wildman–Crippen LogP) is 3.86. The molecule has 2 N–H and O–H groups in total. The zero-order valence-corrected chi connectivity index (χ0v) is 20.4. The number of fused-ring (bicyclic) bond motifs is 2. The second-order valence-electron chi connectivity index (χ2n) is 10.1. The van der Waals surface area contributed by atoms with Crippen LogP contribution in [-0.4, -0.2) is 35.5 Å². The minimum absolute atomic E-state index is 0.178. The Kier molecular flexibility index (Phi) is 6.04. The first-order valence-electron chi connectivity index (χ1n) is 11.9. The molecule has 9 heteroatoms. The van der Waals surface area contributed by atoms with Gasteiger partial charge in [0.05, 0.1) is 12.7 Å². The van der Waals surface area contributed by atoms with Gasteiger partial charge in [-0.15, -0.1) is 0 Å². The number of methoxy groups -OCH3 is 1. The second-order valence-corrected chi connectivity index (χ2v) is 10.1. The monoisotopic (exact) mass is 493 g/mol. The number of aryl methyl sites for hydroxylation is 1. The summed E-state index contributed by atoms with van der Waals surface area (Å²) in [5.41, 5.74) is 3.65. The van der Waals surface area contributed by atoms with Crippen molar-refractivity contribution in [2.75, 3.05) is 19.0 Å². The molecule has 2 aromatic carbocycles. The third kappa shape index (κ3) is 4.24. The summed E-state index contributed by atoms with van der Waals surface area (Å²) >= 11 is 0. The Morgan fingerprint density at radius 3 is 2.72 bits per heavy atom. The third-order valence-electron chi connectivity index (χ3n) is 7.13. The van der Waals surface area contributed by atoms with Gasteiger partial charge in [0, 0.05) is 19.3 Å². The van der Waals surface area contributed by atoms with Crippen LogP contribution in [-0.2, 0) is 34.4 Å². The summed E-state index contributed by atoms with van der Waals surface area (Å²) in [5.74, 6) is -1.58. The number of amides is 2. The Morgan fingerprint density at radius 2 is 2.00 bits per heavy atom. The smallest absolute Gasteiger partial charge is 0.293 e. The molecule has 2 heterocycles. The molecular weight excluding hydrogens is 465 g/mol. The van der Waals surface area contributed by atoms with Crippen LogP contribution >= 0.6 is 0 Å². The summed E-state index contributed by atoms with van der Waals surface area (Å²) < 4.78 is 25.3. The zero-order chi connectivity index (χ0) is 25.6. The standard InChI is InChI=1S/C27H28FN3O5/c1-27(2)8-6-17-11-18(12-20(28)23(17)27)29-25(33)24-19-5-4-15(14-35-3)10-16(19)7-9-31(24)26(34)21-13-22(32)30-36-21/h4-5,10-13,24H,6-9,14H2,1-3H3,(H,29,33)(H,30,32). The van der Waals surface area contributed by atoms with Crippen LogP contribution in [0.25, 0.3) is 0 Å². The molecule has 2 amide bonds. The van der Waals surface area contributed by atoms with Crippen molar-refractivity contribution in [1.29, 1.82) is 0 Å². The number of aromatic amines is 1. The van der Waals surface area contributed by atoms with Crippen molar-refractivity contribution in [2.45, 2.75) is 51.2 Å². The van der Waals surface area contributed by atoms with Crippen LogP contribution in [0.2, 0.25) is 0 Å².